The van der Waals surface area contributed by atoms with Gasteiger partial charge in [0.05, 0.1) is 12.2 Å². The Bertz CT molecular complexity index is 900. The second-order valence-corrected chi connectivity index (χ2v) is 6.27. The zero-order valence-electron chi connectivity index (χ0n) is 14.7. The van der Waals surface area contributed by atoms with Crippen LogP contribution in [0, 0.1) is 0 Å². The Hall–Kier alpha value is -3.00. The lowest BCUT2D eigenvalue weighted by Gasteiger charge is -2.35. The summed E-state index contributed by atoms with van der Waals surface area (Å²) in [5.41, 5.74) is 1.94. The molecule has 0 aliphatic carbocycles. The number of carbonyl (C=O) groups is 1. The first-order chi connectivity index (χ1) is 12.7. The lowest BCUT2D eigenvalue weighted by atomic mass is 10.1. The highest BCUT2D eigenvalue weighted by molar-refractivity contribution is 5.77. The molecule has 3 heterocycles. The van der Waals surface area contributed by atoms with Gasteiger partial charge in [-0.2, -0.15) is 14.6 Å². The van der Waals surface area contributed by atoms with Gasteiger partial charge in [0.2, 0.25) is 5.91 Å². The quantitative estimate of drug-likeness (QED) is 0.744. The third kappa shape index (κ3) is 3.23. The van der Waals surface area contributed by atoms with Crippen molar-refractivity contribution in [3.8, 4) is 11.3 Å². The van der Waals surface area contributed by atoms with Crippen LogP contribution in [0.15, 0.2) is 42.7 Å². The summed E-state index contributed by atoms with van der Waals surface area (Å²) in [5.74, 6) is 1.62. The number of nitrogens with one attached hydrogen (secondary N) is 1. The number of rotatable bonds is 4. The topological polar surface area (TPSA) is 78.7 Å². The van der Waals surface area contributed by atoms with Crippen LogP contribution >= 0.6 is 0 Å². The number of carbonyl (C=O) groups excluding carboxylic acids is 1. The summed E-state index contributed by atoms with van der Waals surface area (Å²) in [4.78, 5) is 24.9. The fourth-order valence-corrected chi connectivity index (χ4v) is 3.20. The largest absolute Gasteiger partial charge is 0.358 e. The Morgan fingerprint density at radius 3 is 2.65 bits per heavy atom. The Morgan fingerprint density at radius 2 is 1.92 bits per heavy atom. The van der Waals surface area contributed by atoms with Crippen molar-refractivity contribution in [3.63, 3.8) is 0 Å². The molecule has 0 bridgehead atoms. The van der Waals surface area contributed by atoms with Crippen LogP contribution in [-0.2, 0) is 4.79 Å². The van der Waals surface area contributed by atoms with Crippen LogP contribution in [0.3, 0.4) is 0 Å². The molecule has 0 saturated carbocycles. The molecule has 26 heavy (non-hydrogen) atoms. The molecule has 1 amide bonds. The summed E-state index contributed by atoms with van der Waals surface area (Å²) >= 11 is 0. The van der Waals surface area contributed by atoms with Crippen LogP contribution in [0.1, 0.15) is 0 Å². The minimum Gasteiger partial charge on any atom is -0.358 e. The van der Waals surface area contributed by atoms with E-state index in [1.165, 1.54) is 6.33 Å². The Morgan fingerprint density at radius 1 is 1.15 bits per heavy atom. The third-order valence-electron chi connectivity index (χ3n) is 4.64. The summed E-state index contributed by atoms with van der Waals surface area (Å²) in [5, 5.41) is 7.01. The van der Waals surface area contributed by atoms with Crippen molar-refractivity contribution >= 4 is 17.5 Å². The summed E-state index contributed by atoms with van der Waals surface area (Å²) in [6.45, 7) is 3.74. The molecule has 1 aliphatic heterocycles. The number of nitrogens with zero attached hydrogens (tertiary/aromatic N) is 6. The van der Waals surface area contributed by atoms with E-state index in [-0.39, 0.29) is 5.91 Å². The molecular formula is C18H21N7O. The molecular weight excluding hydrogens is 330 g/mol. The molecule has 0 spiro atoms. The molecule has 8 nitrogen and oxygen atoms in total. The van der Waals surface area contributed by atoms with Gasteiger partial charge < -0.3 is 10.2 Å². The van der Waals surface area contributed by atoms with Gasteiger partial charge in [0.25, 0.3) is 5.78 Å². The number of likely N-dealkylation sites (N-methyl/N-ethyl adjacent to an activating group) is 1. The first-order valence-corrected chi connectivity index (χ1v) is 8.68. The van der Waals surface area contributed by atoms with Crippen molar-refractivity contribution in [2.24, 2.45) is 0 Å². The number of anilines is 1. The average Bonchev–Trinajstić information content (AvgIpc) is 3.17. The highest BCUT2D eigenvalue weighted by atomic mass is 16.1. The van der Waals surface area contributed by atoms with Crippen molar-refractivity contribution in [1.82, 2.24) is 29.8 Å². The zero-order chi connectivity index (χ0) is 17.9. The van der Waals surface area contributed by atoms with Crippen LogP contribution in [0.5, 0.6) is 0 Å². The summed E-state index contributed by atoms with van der Waals surface area (Å²) in [6, 6.07) is 12.1. The predicted molar refractivity (Wildman–Crippen MR) is 98.9 cm³/mol. The van der Waals surface area contributed by atoms with Gasteiger partial charge >= 0.3 is 0 Å². The second-order valence-electron chi connectivity index (χ2n) is 6.27. The lowest BCUT2D eigenvalue weighted by molar-refractivity contribution is -0.121. The summed E-state index contributed by atoms with van der Waals surface area (Å²) in [7, 11) is 1.67. The van der Waals surface area contributed by atoms with Gasteiger partial charge in [0, 0.05) is 44.9 Å². The maximum Gasteiger partial charge on any atom is 0.254 e. The van der Waals surface area contributed by atoms with Crippen molar-refractivity contribution < 1.29 is 4.79 Å². The number of aromatic nitrogens is 4. The molecule has 0 unspecified atom stereocenters. The van der Waals surface area contributed by atoms with E-state index in [1.807, 2.05) is 30.3 Å². The number of hydrogen-bond acceptors (Lipinski definition) is 6. The highest BCUT2D eigenvalue weighted by Gasteiger charge is 2.22. The maximum atomic E-state index is 11.6. The van der Waals surface area contributed by atoms with Gasteiger partial charge in [0.15, 0.2) is 0 Å². The molecule has 3 aromatic rings. The Labute approximate surface area is 151 Å². The monoisotopic (exact) mass is 351 g/mol. The van der Waals surface area contributed by atoms with Gasteiger partial charge in [-0.3, -0.25) is 9.69 Å². The number of fused-ring (bicyclic) bond motifs is 1. The minimum absolute atomic E-state index is 0.0485. The van der Waals surface area contributed by atoms with Crippen molar-refractivity contribution in [3.05, 3.63) is 42.7 Å². The lowest BCUT2D eigenvalue weighted by Crippen LogP contribution is -2.49. The van der Waals surface area contributed by atoms with Gasteiger partial charge in [-0.15, -0.1) is 0 Å². The van der Waals surface area contributed by atoms with Gasteiger partial charge in [-0.25, -0.2) is 4.98 Å². The van der Waals surface area contributed by atoms with Gasteiger partial charge in [-0.05, 0) is 0 Å². The van der Waals surface area contributed by atoms with Gasteiger partial charge in [0.1, 0.15) is 12.1 Å². The molecule has 0 atom stereocenters. The van der Waals surface area contributed by atoms with E-state index in [9.17, 15) is 4.79 Å². The van der Waals surface area contributed by atoms with Crippen LogP contribution < -0.4 is 10.2 Å². The normalized spacial score (nSPS) is 15.3. The molecule has 1 N–H and O–H groups in total. The van der Waals surface area contributed by atoms with Crippen molar-refractivity contribution in [1.29, 1.82) is 0 Å². The predicted octanol–water partition coefficient (Wildman–Crippen LogP) is 0.659. The van der Waals surface area contributed by atoms with Gasteiger partial charge in [-0.1, -0.05) is 30.3 Å². The first kappa shape index (κ1) is 16.5. The summed E-state index contributed by atoms with van der Waals surface area (Å²) in [6.07, 6.45) is 1.53. The minimum atomic E-state index is 0.0485. The molecule has 4 rings (SSSR count). The number of benzene rings is 1. The maximum absolute atomic E-state index is 11.6. The van der Waals surface area contributed by atoms with E-state index < -0.39 is 0 Å². The highest BCUT2D eigenvalue weighted by Crippen LogP contribution is 2.24. The zero-order valence-corrected chi connectivity index (χ0v) is 14.7. The van der Waals surface area contributed by atoms with E-state index in [0.29, 0.717) is 12.3 Å². The molecule has 2 aromatic heterocycles. The molecule has 1 saturated heterocycles. The molecule has 1 fully saturated rings. The van der Waals surface area contributed by atoms with Crippen LogP contribution in [-0.4, -0.2) is 70.2 Å². The number of piperazine rings is 1. The second kappa shape index (κ2) is 7.09. The van der Waals surface area contributed by atoms with Crippen molar-refractivity contribution in [2.75, 3.05) is 44.7 Å². The van der Waals surface area contributed by atoms with E-state index in [0.717, 1.165) is 43.3 Å². The molecule has 1 aliphatic rings. The SMILES string of the molecule is CNC(=O)CN1CCN(c2cc(-c3ccccc3)nc3ncnn23)CC1. The van der Waals surface area contributed by atoms with E-state index in [2.05, 4.69) is 36.2 Å². The van der Waals surface area contributed by atoms with E-state index >= 15 is 0 Å². The molecule has 134 valence electrons. The fraction of sp³-hybridized carbons (Fsp3) is 0.333. The number of hydrogen-bond donors (Lipinski definition) is 1. The fourth-order valence-electron chi connectivity index (χ4n) is 3.20. The Balaban J connectivity index is 1.60. The summed E-state index contributed by atoms with van der Waals surface area (Å²) < 4.78 is 1.78. The Kier molecular flexibility index (Phi) is 4.49. The van der Waals surface area contributed by atoms with E-state index in [1.54, 1.807) is 11.6 Å². The van der Waals surface area contributed by atoms with Crippen molar-refractivity contribution in [2.45, 2.75) is 0 Å². The van der Waals surface area contributed by atoms with Crippen LogP contribution in [0.25, 0.3) is 17.0 Å². The average molecular weight is 351 g/mol. The van der Waals surface area contributed by atoms with Crippen LogP contribution in [0.2, 0.25) is 0 Å². The number of amides is 1. The third-order valence-corrected chi connectivity index (χ3v) is 4.64. The molecule has 0 radical (unpaired) electrons. The first-order valence-electron chi connectivity index (χ1n) is 8.68. The molecule has 8 heteroatoms. The molecule has 1 aromatic carbocycles. The van der Waals surface area contributed by atoms with Crippen LogP contribution in [0.4, 0.5) is 5.82 Å². The standard InChI is InChI=1S/C18H21N7O/c1-19-16(26)12-23-7-9-24(10-8-23)17-11-15(14-5-3-2-4-6-14)22-18-20-13-21-25(17)18/h2-6,11,13H,7-10,12H2,1H3,(H,19,26). The smallest absolute Gasteiger partial charge is 0.254 e. The van der Waals surface area contributed by atoms with E-state index in [4.69, 9.17) is 0 Å².